The lowest BCUT2D eigenvalue weighted by Gasteiger charge is -2.28. The Morgan fingerprint density at radius 1 is 1.04 bits per heavy atom. The lowest BCUT2D eigenvalue weighted by atomic mass is 10.1. The maximum absolute atomic E-state index is 12.2. The van der Waals surface area contributed by atoms with Gasteiger partial charge in [-0.2, -0.15) is 0 Å². The van der Waals surface area contributed by atoms with Gasteiger partial charge in [-0.1, -0.05) is 0 Å². The first-order valence-electron chi connectivity index (χ1n) is 7.69. The summed E-state index contributed by atoms with van der Waals surface area (Å²) < 4.78 is 5.56. The van der Waals surface area contributed by atoms with E-state index in [0.717, 1.165) is 9.80 Å². The van der Waals surface area contributed by atoms with Crippen LogP contribution in [0.2, 0.25) is 0 Å². The fourth-order valence-corrected chi connectivity index (χ4v) is 2.56. The Morgan fingerprint density at radius 2 is 1.67 bits per heavy atom. The fourth-order valence-electron chi connectivity index (χ4n) is 2.56. The number of rotatable bonds is 3. The third-order valence-electron chi connectivity index (χ3n) is 4.07. The highest BCUT2D eigenvalue weighted by atomic mass is 16.4. The third-order valence-corrected chi connectivity index (χ3v) is 4.07. The second kappa shape index (κ2) is 6.45. The van der Waals surface area contributed by atoms with Crippen LogP contribution in [0, 0.1) is 0 Å². The van der Waals surface area contributed by atoms with Crippen molar-refractivity contribution in [1.82, 2.24) is 9.80 Å². The molecule has 0 radical (unpaired) electrons. The summed E-state index contributed by atoms with van der Waals surface area (Å²) in [5.41, 5.74) is -0.138. The lowest BCUT2D eigenvalue weighted by Crippen LogP contribution is -2.52. The van der Waals surface area contributed by atoms with E-state index in [0.29, 0.717) is 5.56 Å². The molecule has 1 saturated heterocycles. The van der Waals surface area contributed by atoms with Crippen LogP contribution >= 0.6 is 0 Å². The molecule has 1 aliphatic rings. The summed E-state index contributed by atoms with van der Waals surface area (Å²) in [6, 6.07) is 6.23. The Hall–Kier alpha value is -3.88. The number of hydrogen-bond acceptors (Lipinski definition) is 6. The van der Waals surface area contributed by atoms with Gasteiger partial charge < -0.3 is 14.6 Å². The molecule has 0 spiro atoms. The first-order valence-corrected chi connectivity index (χ1v) is 7.69. The average molecular weight is 370 g/mol. The largest absolute Gasteiger partial charge is 0.507 e. The van der Waals surface area contributed by atoms with E-state index in [9.17, 15) is 24.3 Å². The number of carboxylic acid groups (broad SMARTS) is 1. The molecule has 1 aliphatic heterocycles. The first kappa shape index (κ1) is 17.9. The zero-order valence-electron chi connectivity index (χ0n) is 14.3. The number of urea groups is 1. The minimum Gasteiger partial charge on any atom is -0.507 e. The molecule has 1 aromatic heterocycles. The molecule has 4 amide bonds. The van der Waals surface area contributed by atoms with Gasteiger partial charge in [0.1, 0.15) is 28.4 Å². The predicted molar refractivity (Wildman–Crippen MR) is 91.7 cm³/mol. The molecule has 2 aromatic rings. The van der Waals surface area contributed by atoms with Crippen molar-refractivity contribution in [3.63, 3.8) is 0 Å². The van der Waals surface area contributed by atoms with Crippen molar-refractivity contribution < 1.29 is 33.8 Å². The topological polar surface area (TPSA) is 128 Å². The van der Waals surface area contributed by atoms with Gasteiger partial charge >= 0.3 is 12.0 Å². The highest BCUT2D eigenvalue weighted by Gasteiger charge is 2.38. The minimum absolute atomic E-state index is 0.169. The zero-order chi connectivity index (χ0) is 19.9. The Kier molecular flexibility index (Phi) is 4.28. The fraction of sp³-hybridized carbons (Fsp3) is 0.111. The van der Waals surface area contributed by atoms with E-state index in [1.54, 1.807) is 0 Å². The molecule has 0 bridgehead atoms. The SMILES string of the molecule is CN1C(=O)C(=Cc2ccc(-c3ccc(O)c(C(=O)O)c3)o2)C(=O)N(C)C1=O. The van der Waals surface area contributed by atoms with Gasteiger partial charge in [0.25, 0.3) is 11.8 Å². The number of imide groups is 2. The van der Waals surface area contributed by atoms with Crippen LogP contribution in [0.4, 0.5) is 4.79 Å². The van der Waals surface area contributed by atoms with E-state index in [2.05, 4.69) is 0 Å². The van der Waals surface area contributed by atoms with Crippen molar-refractivity contribution >= 4 is 29.9 Å². The molecule has 138 valence electrons. The summed E-state index contributed by atoms with van der Waals surface area (Å²) in [4.78, 5) is 48.9. The number of benzene rings is 1. The van der Waals surface area contributed by atoms with Gasteiger partial charge in [-0.05, 0) is 36.4 Å². The summed E-state index contributed by atoms with van der Waals surface area (Å²) >= 11 is 0. The number of carboxylic acids is 1. The van der Waals surface area contributed by atoms with Crippen molar-refractivity contribution in [3.05, 3.63) is 47.2 Å². The number of amides is 4. The molecular weight excluding hydrogens is 356 g/mol. The van der Waals surface area contributed by atoms with Crippen LogP contribution in [0.3, 0.4) is 0 Å². The molecule has 0 unspecified atom stereocenters. The van der Waals surface area contributed by atoms with Gasteiger partial charge in [-0.15, -0.1) is 0 Å². The van der Waals surface area contributed by atoms with Crippen LogP contribution in [0.1, 0.15) is 16.1 Å². The van der Waals surface area contributed by atoms with Crippen molar-refractivity contribution in [1.29, 1.82) is 0 Å². The van der Waals surface area contributed by atoms with E-state index in [1.165, 1.54) is 50.5 Å². The molecular formula is C18H14N2O7. The number of nitrogens with zero attached hydrogens (tertiary/aromatic N) is 2. The second-order valence-corrected chi connectivity index (χ2v) is 5.81. The predicted octanol–water partition coefficient (Wildman–Crippen LogP) is 1.78. The highest BCUT2D eigenvalue weighted by Crippen LogP contribution is 2.28. The number of carbonyl (C=O) groups excluding carboxylic acids is 3. The van der Waals surface area contributed by atoms with Gasteiger partial charge in [-0.3, -0.25) is 19.4 Å². The summed E-state index contributed by atoms with van der Waals surface area (Å²) in [6.07, 6.45) is 1.21. The lowest BCUT2D eigenvalue weighted by molar-refractivity contribution is -0.134. The summed E-state index contributed by atoms with van der Waals surface area (Å²) in [5, 5.41) is 18.6. The van der Waals surface area contributed by atoms with E-state index in [-0.39, 0.29) is 28.4 Å². The molecule has 0 saturated carbocycles. The van der Waals surface area contributed by atoms with E-state index >= 15 is 0 Å². The van der Waals surface area contributed by atoms with Crippen molar-refractivity contribution in [3.8, 4) is 17.1 Å². The number of furan rings is 1. The standard InChI is InChI=1S/C18H14N2O7/c1-19-15(22)12(16(23)20(2)18(19)26)8-10-4-6-14(27-10)9-3-5-13(21)11(7-9)17(24)25/h3-8,21H,1-2H3,(H,24,25). The van der Waals surface area contributed by atoms with Crippen LogP contribution in [-0.2, 0) is 9.59 Å². The Labute approximate surface area is 152 Å². The molecule has 0 aliphatic carbocycles. The smallest absolute Gasteiger partial charge is 0.339 e. The monoisotopic (exact) mass is 370 g/mol. The van der Waals surface area contributed by atoms with E-state index in [1.807, 2.05) is 0 Å². The van der Waals surface area contributed by atoms with Gasteiger partial charge in [-0.25, -0.2) is 9.59 Å². The summed E-state index contributed by atoms with van der Waals surface area (Å²) in [6.45, 7) is 0. The maximum Gasteiger partial charge on any atom is 0.339 e. The molecule has 9 nitrogen and oxygen atoms in total. The Bertz CT molecular complexity index is 992. The zero-order valence-corrected chi connectivity index (χ0v) is 14.3. The molecule has 2 heterocycles. The normalized spacial score (nSPS) is 14.7. The van der Waals surface area contributed by atoms with Gasteiger partial charge in [0.15, 0.2) is 0 Å². The Morgan fingerprint density at radius 3 is 2.26 bits per heavy atom. The molecule has 2 N–H and O–H groups in total. The number of carbonyl (C=O) groups is 4. The number of barbiturate groups is 1. The minimum atomic E-state index is -1.29. The first-order chi connectivity index (χ1) is 12.7. The quantitative estimate of drug-likeness (QED) is 0.622. The van der Waals surface area contributed by atoms with E-state index in [4.69, 9.17) is 9.52 Å². The molecule has 1 fully saturated rings. The van der Waals surface area contributed by atoms with Crippen LogP contribution < -0.4 is 0 Å². The van der Waals surface area contributed by atoms with E-state index < -0.39 is 23.8 Å². The van der Waals surface area contributed by atoms with Crippen LogP contribution in [0.25, 0.3) is 17.4 Å². The highest BCUT2D eigenvalue weighted by molar-refractivity contribution is 6.30. The molecule has 0 atom stereocenters. The number of hydrogen-bond donors (Lipinski definition) is 2. The molecule has 9 heteroatoms. The van der Waals surface area contributed by atoms with Crippen LogP contribution in [-0.4, -0.2) is 57.9 Å². The molecule has 3 rings (SSSR count). The second-order valence-electron chi connectivity index (χ2n) is 5.81. The Balaban J connectivity index is 1.97. The van der Waals surface area contributed by atoms with Crippen molar-refractivity contribution in [2.24, 2.45) is 0 Å². The van der Waals surface area contributed by atoms with Gasteiger partial charge in [0.05, 0.1) is 0 Å². The van der Waals surface area contributed by atoms with Gasteiger partial charge in [0, 0.05) is 19.7 Å². The van der Waals surface area contributed by atoms with Crippen LogP contribution in [0.15, 0.2) is 40.3 Å². The maximum atomic E-state index is 12.2. The summed E-state index contributed by atoms with van der Waals surface area (Å²) in [7, 11) is 2.53. The number of likely N-dealkylation sites (N-methyl/N-ethyl adjacent to an activating group) is 2. The molecule has 1 aromatic carbocycles. The molecule has 27 heavy (non-hydrogen) atoms. The third kappa shape index (κ3) is 3.06. The number of phenols is 1. The number of aromatic hydroxyl groups is 1. The summed E-state index contributed by atoms with van der Waals surface area (Å²) in [5.74, 6) is -2.73. The van der Waals surface area contributed by atoms with Crippen molar-refractivity contribution in [2.45, 2.75) is 0 Å². The van der Waals surface area contributed by atoms with Crippen LogP contribution in [0.5, 0.6) is 5.75 Å². The number of aromatic carboxylic acids is 1. The van der Waals surface area contributed by atoms with Gasteiger partial charge in [0.2, 0.25) is 0 Å². The average Bonchev–Trinajstić information content (AvgIpc) is 3.11. The van der Waals surface area contributed by atoms with Crippen molar-refractivity contribution in [2.75, 3.05) is 14.1 Å².